The van der Waals surface area contributed by atoms with E-state index in [0.29, 0.717) is 16.9 Å². The van der Waals surface area contributed by atoms with Crippen LogP contribution in [0.2, 0.25) is 0 Å². The van der Waals surface area contributed by atoms with Crippen LogP contribution in [0.15, 0.2) is 30.5 Å². The van der Waals surface area contributed by atoms with Crippen LogP contribution < -0.4 is 10.6 Å². The molecule has 0 aliphatic carbocycles. The van der Waals surface area contributed by atoms with E-state index >= 15 is 0 Å². The minimum absolute atomic E-state index is 0.164. The van der Waals surface area contributed by atoms with Crippen LogP contribution in [0.5, 0.6) is 0 Å². The Morgan fingerprint density at radius 2 is 2.09 bits per heavy atom. The first-order valence-electron chi connectivity index (χ1n) is 7.77. The first-order valence-corrected chi connectivity index (χ1v) is 7.77. The van der Waals surface area contributed by atoms with Crippen LogP contribution in [0.4, 0.5) is 10.1 Å². The first kappa shape index (κ1) is 15.6. The molecule has 1 amide bonds. The fourth-order valence-corrected chi connectivity index (χ4v) is 2.68. The normalized spacial score (nSPS) is 17.7. The number of aromatic nitrogens is 2. The fraction of sp³-hybridized carbons (Fsp3) is 0.353. The lowest BCUT2D eigenvalue weighted by atomic mass is 10.0. The summed E-state index contributed by atoms with van der Waals surface area (Å²) in [7, 11) is 0. The summed E-state index contributed by atoms with van der Waals surface area (Å²) in [4.78, 5) is 21.1. The van der Waals surface area contributed by atoms with Gasteiger partial charge in [-0.1, -0.05) is 6.42 Å². The second kappa shape index (κ2) is 6.83. The number of halogens is 1. The second-order valence-electron chi connectivity index (χ2n) is 5.69. The van der Waals surface area contributed by atoms with E-state index in [1.54, 1.807) is 13.1 Å². The van der Waals surface area contributed by atoms with Gasteiger partial charge in [0.15, 0.2) is 0 Å². The third-order valence-electron chi connectivity index (χ3n) is 3.97. The molecular formula is C17H19FN4O. The molecule has 5 nitrogen and oxygen atoms in total. The Labute approximate surface area is 134 Å². The van der Waals surface area contributed by atoms with Gasteiger partial charge in [0.2, 0.25) is 0 Å². The highest BCUT2D eigenvalue weighted by Crippen LogP contribution is 2.21. The van der Waals surface area contributed by atoms with Crippen LogP contribution in [0.25, 0.3) is 0 Å². The largest absolute Gasteiger partial charge is 0.322 e. The molecule has 1 atom stereocenters. The number of carbonyl (C=O) groups excluding carboxylic acids is 1. The summed E-state index contributed by atoms with van der Waals surface area (Å²) >= 11 is 0. The maximum absolute atomic E-state index is 12.9. The van der Waals surface area contributed by atoms with Gasteiger partial charge in [-0.15, -0.1) is 0 Å². The van der Waals surface area contributed by atoms with Crippen LogP contribution in [0.1, 0.15) is 47.2 Å². The van der Waals surface area contributed by atoms with Gasteiger partial charge in [-0.3, -0.25) is 4.79 Å². The van der Waals surface area contributed by atoms with Gasteiger partial charge in [0.05, 0.1) is 17.3 Å². The van der Waals surface area contributed by atoms with Crippen molar-refractivity contribution >= 4 is 11.6 Å². The van der Waals surface area contributed by atoms with Crippen LogP contribution in [-0.4, -0.2) is 22.4 Å². The average Bonchev–Trinajstić information content (AvgIpc) is 2.57. The van der Waals surface area contributed by atoms with Crippen molar-refractivity contribution in [2.24, 2.45) is 0 Å². The molecule has 1 aliphatic rings. The van der Waals surface area contributed by atoms with Crippen molar-refractivity contribution in [2.45, 2.75) is 32.2 Å². The molecule has 0 spiro atoms. The quantitative estimate of drug-likeness (QED) is 0.914. The van der Waals surface area contributed by atoms with Crippen LogP contribution in [0.3, 0.4) is 0 Å². The number of nitrogens with one attached hydrogen (secondary N) is 2. The van der Waals surface area contributed by atoms with Crippen molar-refractivity contribution in [1.82, 2.24) is 15.3 Å². The Morgan fingerprint density at radius 1 is 1.30 bits per heavy atom. The highest BCUT2D eigenvalue weighted by molar-refractivity contribution is 6.04. The summed E-state index contributed by atoms with van der Waals surface area (Å²) in [6.45, 7) is 2.77. The van der Waals surface area contributed by atoms with Gasteiger partial charge in [0.1, 0.15) is 11.6 Å². The molecule has 0 radical (unpaired) electrons. The van der Waals surface area contributed by atoms with E-state index in [1.807, 2.05) is 0 Å². The summed E-state index contributed by atoms with van der Waals surface area (Å²) in [5, 5.41) is 6.12. The minimum Gasteiger partial charge on any atom is -0.322 e. The second-order valence-corrected chi connectivity index (χ2v) is 5.69. The number of hydrogen-bond acceptors (Lipinski definition) is 4. The van der Waals surface area contributed by atoms with Crippen LogP contribution in [-0.2, 0) is 0 Å². The minimum atomic E-state index is -0.341. The molecule has 0 bridgehead atoms. The Bertz CT molecular complexity index is 696. The van der Waals surface area contributed by atoms with E-state index in [1.165, 1.54) is 30.7 Å². The number of hydrogen-bond donors (Lipinski definition) is 2. The summed E-state index contributed by atoms with van der Waals surface area (Å²) in [6.07, 6.45) is 4.91. The number of amides is 1. The van der Waals surface area contributed by atoms with Crippen LogP contribution >= 0.6 is 0 Å². The molecule has 1 aromatic heterocycles. The van der Waals surface area contributed by atoms with Crippen molar-refractivity contribution in [3.05, 3.63) is 53.4 Å². The standard InChI is InChI=1S/C17H19FN4O/c1-11-14(17(23)22-13-7-5-12(18)6-8-13)10-20-16(21-11)15-4-2-3-9-19-15/h5-8,10,15,19H,2-4,9H2,1H3,(H,22,23). The summed E-state index contributed by atoms with van der Waals surface area (Å²) in [6, 6.07) is 5.80. The van der Waals surface area contributed by atoms with Crippen LogP contribution in [0, 0.1) is 12.7 Å². The number of piperidine rings is 1. The van der Waals surface area contributed by atoms with E-state index in [4.69, 9.17) is 0 Å². The Morgan fingerprint density at radius 3 is 2.74 bits per heavy atom. The van der Waals surface area contributed by atoms with Crippen molar-refractivity contribution in [3.63, 3.8) is 0 Å². The summed E-state index contributed by atoms with van der Waals surface area (Å²) in [5.41, 5.74) is 1.60. The van der Waals surface area contributed by atoms with E-state index < -0.39 is 0 Å². The zero-order chi connectivity index (χ0) is 16.2. The Hall–Kier alpha value is -2.34. The van der Waals surface area contributed by atoms with Crippen molar-refractivity contribution < 1.29 is 9.18 Å². The third kappa shape index (κ3) is 3.71. The van der Waals surface area contributed by atoms with Crippen molar-refractivity contribution in [1.29, 1.82) is 0 Å². The van der Waals surface area contributed by atoms with E-state index in [-0.39, 0.29) is 17.8 Å². The predicted octanol–water partition coefficient (Wildman–Crippen LogP) is 2.99. The molecule has 1 fully saturated rings. The molecule has 2 aromatic rings. The van der Waals surface area contributed by atoms with E-state index in [2.05, 4.69) is 20.6 Å². The van der Waals surface area contributed by atoms with E-state index in [0.717, 1.165) is 25.2 Å². The fourth-order valence-electron chi connectivity index (χ4n) is 2.68. The lowest BCUT2D eigenvalue weighted by molar-refractivity contribution is 0.102. The maximum Gasteiger partial charge on any atom is 0.259 e. The monoisotopic (exact) mass is 314 g/mol. The van der Waals surface area contributed by atoms with Crippen molar-refractivity contribution in [3.8, 4) is 0 Å². The highest BCUT2D eigenvalue weighted by atomic mass is 19.1. The predicted molar refractivity (Wildman–Crippen MR) is 85.7 cm³/mol. The molecule has 1 unspecified atom stereocenters. The number of benzene rings is 1. The highest BCUT2D eigenvalue weighted by Gasteiger charge is 2.19. The van der Waals surface area contributed by atoms with Gasteiger partial charge in [-0.2, -0.15) is 0 Å². The number of carbonyl (C=O) groups is 1. The van der Waals surface area contributed by atoms with Crippen molar-refractivity contribution in [2.75, 3.05) is 11.9 Å². The van der Waals surface area contributed by atoms with Gasteiger partial charge in [0, 0.05) is 11.9 Å². The number of rotatable bonds is 3. The third-order valence-corrected chi connectivity index (χ3v) is 3.97. The van der Waals surface area contributed by atoms with Gasteiger partial charge in [-0.05, 0) is 50.6 Å². The summed E-state index contributed by atoms with van der Waals surface area (Å²) in [5.74, 6) is 0.102. The average molecular weight is 314 g/mol. The lowest BCUT2D eigenvalue weighted by Crippen LogP contribution is -2.29. The molecule has 1 saturated heterocycles. The zero-order valence-electron chi connectivity index (χ0n) is 13.0. The first-order chi connectivity index (χ1) is 11.1. The molecule has 3 rings (SSSR count). The molecule has 0 saturated carbocycles. The molecule has 23 heavy (non-hydrogen) atoms. The molecular weight excluding hydrogens is 295 g/mol. The molecule has 2 heterocycles. The SMILES string of the molecule is Cc1nc(C2CCCCN2)ncc1C(=O)Nc1ccc(F)cc1. The van der Waals surface area contributed by atoms with E-state index in [9.17, 15) is 9.18 Å². The molecule has 1 aliphatic heterocycles. The Kier molecular flexibility index (Phi) is 4.62. The Balaban J connectivity index is 1.74. The van der Waals surface area contributed by atoms with Gasteiger partial charge >= 0.3 is 0 Å². The molecule has 2 N–H and O–H groups in total. The topological polar surface area (TPSA) is 66.9 Å². The molecule has 6 heteroatoms. The maximum atomic E-state index is 12.9. The summed E-state index contributed by atoms with van der Waals surface area (Å²) < 4.78 is 12.9. The lowest BCUT2D eigenvalue weighted by Gasteiger charge is -2.22. The molecule has 1 aromatic carbocycles. The van der Waals surface area contributed by atoms with Gasteiger partial charge in [-0.25, -0.2) is 14.4 Å². The molecule has 120 valence electrons. The van der Waals surface area contributed by atoms with Gasteiger partial charge < -0.3 is 10.6 Å². The smallest absolute Gasteiger partial charge is 0.259 e. The number of nitrogens with zero attached hydrogens (tertiary/aromatic N) is 2. The van der Waals surface area contributed by atoms with Gasteiger partial charge in [0.25, 0.3) is 5.91 Å². The zero-order valence-corrected chi connectivity index (χ0v) is 13.0. The number of aryl methyl sites for hydroxylation is 1. The number of anilines is 1.